The number of halogens is 3. The van der Waals surface area contributed by atoms with Gasteiger partial charge in [0.05, 0.1) is 12.1 Å². The zero-order valence-electron chi connectivity index (χ0n) is 17.6. The maximum absolute atomic E-state index is 13.9. The summed E-state index contributed by atoms with van der Waals surface area (Å²) in [4.78, 5) is 39.9. The van der Waals surface area contributed by atoms with E-state index in [0.717, 1.165) is 6.20 Å². The molecule has 11 heteroatoms. The molecule has 1 aromatic heterocycles. The first kappa shape index (κ1) is 22.6. The molecule has 1 aromatic carbocycles. The number of methoxy groups -OCH3 is 1. The van der Waals surface area contributed by atoms with Crippen LogP contribution in [0, 0.1) is 17.5 Å². The number of amides is 2. The number of aromatic hydroxyl groups is 1. The van der Waals surface area contributed by atoms with Crippen molar-refractivity contribution in [1.29, 1.82) is 0 Å². The van der Waals surface area contributed by atoms with Crippen molar-refractivity contribution in [2.24, 2.45) is 0 Å². The molecule has 4 rings (SSSR count). The predicted molar refractivity (Wildman–Crippen MR) is 109 cm³/mol. The van der Waals surface area contributed by atoms with Crippen molar-refractivity contribution in [1.82, 2.24) is 14.8 Å². The number of carbonyl (C=O) groups is 2. The van der Waals surface area contributed by atoms with Gasteiger partial charge in [-0.25, -0.2) is 13.2 Å². The first-order chi connectivity index (χ1) is 15.6. The van der Waals surface area contributed by atoms with E-state index in [0.29, 0.717) is 12.1 Å². The second kappa shape index (κ2) is 8.39. The van der Waals surface area contributed by atoms with Crippen LogP contribution in [-0.4, -0.2) is 52.2 Å². The number of pyridine rings is 1. The van der Waals surface area contributed by atoms with E-state index < -0.39 is 70.3 Å². The number of nitrogens with one attached hydrogen (secondary N) is 1. The van der Waals surface area contributed by atoms with Crippen LogP contribution in [-0.2, 0) is 11.3 Å². The molecule has 0 unspecified atom stereocenters. The van der Waals surface area contributed by atoms with E-state index >= 15 is 0 Å². The molecule has 8 nitrogen and oxygen atoms in total. The molecule has 0 saturated heterocycles. The van der Waals surface area contributed by atoms with Crippen LogP contribution in [0.15, 0.2) is 35.3 Å². The van der Waals surface area contributed by atoms with Crippen LogP contribution in [0.5, 0.6) is 5.75 Å². The molecule has 2 bridgehead atoms. The standard InChI is InChI=1S/C22H20F3N3O5/c1-10-3-4-17(33-2)16-9-27(10)22(32)18-20(30)19(29)13(8-28(16)18)21(31)26-7-12-14(24)5-11(23)6-15(12)25/h3-6,8,10,16-17,30H,7,9H2,1-2H3,(H,26,31)/t10-,16+,17-/m0/s1. The van der Waals surface area contributed by atoms with Crippen LogP contribution < -0.4 is 10.7 Å². The lowest BCUT2D eigenvalue weighted by Gasteiger charge is -2.38. The maximum Gasteiger partial charge on any atom is 0.275 e. The molecule has 2 N–H and O–H groups in total. The van der Waals surface area contributed by atoms with Crippen molar-refractivity contribution in [3.8, 4) is 5.75 Å². The summed E-state index contributed by atoms with van der Waals surface area (Å²) in [6.07, 6.45) is 4.13. The van der Waals surface area contributed by atoms with E-state index in [1.807, 2.05) is 0 Å². The predicted octanol–water partition coefficient (Wildman–Crippen LogP) is 1.87. The Labute approximate surface area is 185 Å². The molecule has 33 heavy (non-hydrogen) atoms. The number of hydrogen-bond donors (Lipinski definition) is 2. The first-order valence-electron chi connectivity index (χ1n) is 10.1. The Morgan fingerprint density at radius 3 is 2.52 bits per heavy atom. The largest absolute Gasteiger partial charge is 0.503 e. The highest BCUT2D eigenvalue weighted by Crippen LogP contribution is 2.33. The van der Waals surface area contributed by atoms with Crippen molar-refractivity contribution in [3.05, 3.63) is 75.0 Å². The number of benzene rings is 1. The number of aromatic nitrogens is 1. The number of hydrogen-bond acceptors (Lipinski definition) is 5. The molecule has 0 spiro atoms. The molecule has 174 valence electrons. The molecule has 2 aliphatic heterocycles. The van der Waals surface area contributed by atoms with E-state index in [1.54, 1.807) is 19.1 Å². The highest BCUT2D eigenvalue weighted by Gasteiger charge is 2.41. The smallest absolute Gasteiger partial charge is 0.275 e. The SMILES string of the molecule is CO[C@H]1C=C[C@H](C)N2C[C@H]1n1cc(C(=O)NCc3c(F)cc(F)cc3F)c(=O)c(O)c1C2=O. The third-order valence-electron chi connectivity index (χ3n) is 5.91. The third-order valence-corrected chi connectivity index (χ3v) is 5.91. The number of ether oxygens (including phenoxy) is 1. The number of carbonyl (C=O) groups excluding carboxylic acids is 2. The van der Waals surface area contributed by atoms with Crippen LogP contribution in [0.3, 0.4) is 0 Å². The molecule has 2 aromatic rings. The topological polar surface area (TPSA) is 101 Å². The minimum Gasteiger partial charge on any atom is -0.503 e. The van der Waals surface area contributed by atoms with Crippen molar-refractivity contribution >= 4 is 11.8 Å². The maximum atomic E-state index is 13.9. The summed E-state index contributed by atoms with van der Waals surface area (Å²) in [5.41, 5.74) is -2.51. The Morgan fingerprint density at radius 1 is 1.21 bits per heavy atom. The second-order valence-electron chi connectivity index (χ2n) is 7.86. The van der Waals surface area contributed by atoms with Crippen molar-refractivity contribution < 1.29 is 32.6 Å². The molecule has 3 atom stereocenters. The van der Waals surface area contributed by atoms with Gasteiger partial charge in [-0.1, -0.05) is 12.2 Å². The molecular formula is C22H20F3N3O5. The van der Waals surface area contributed by atoms with Gasteiger partial charge < -0.3 is 24.6 Å². The van der Waals surface area contributed by atoms with Gasteiger partial charge in [-0.15, -0.1) is 0 Å². The Kier molecular flexibility index (Phi) is 5.75. The van der Waals surface area contributed by atoms with E-state index in [9.17, 15) is 32.7 Å². The van der Waals surface area contributed by atoms with E-state index in [2.05, 4.69) is 5.32 Å². The zero-order valence-corrected chi connectivity index (χ0v) is 17.6. The normalized spacial score (nSPS) is 21.5. The summed E-state index contributed by atoms with van der Waals surface area (Å²) in [7, 11) is 1.47. The minimum atomic E-state index is -1.20. The van der Waals surface area contributed by atoms with Crippen molar-refractivity contribution in [2.45, 2.75) is 31.7 Å². The average Bonchev–Trinajstić information content (AvgIpc) is 2.90. The van der Waals surface area contributed by atoms with Gasteiger partial charge in [0.15, 0.2) is 11.4 Å². The fourth-order valence-electron chi connectivity index (χ4n) is 4.12. The third kappa shape index (κ3) is 3.78. The summed E-state index contributed by atoms with van der Waals surface area (Å²) in [5, 5.41) is 12.8. The Bertz CT molecular complexity index is 1220. The van der Waals surface area contributed by atoms with Crippen LogP contribution >= 0.6 is 0 Å². The summed E-state index contributed by atoms with van der Waals surface area (Å²) < 4.78 is 47.6. The van der Waals surface area contributed by atoms with Crippen LogP contribution in [0.4, 0.5) is 13.2 Å². The highest BCUT2D eigenvalue weighted by atomic mass is 19.1. The summed E-state index contributed by atoms with van der Waals surface area (Å²) >= 11 is 0. The first-order valence-corrected chi connectivity index (χ1v) is 10.1. The lowest BCUT2D eigenvalue weighted by molar-refractivity contribution is 0.0435. The quantitative estimate of drug-likeness (QED) is 0.675. The molecule has 3 heterocycles. The van der Waals surface area contributed by atoms with Crippen molar-refractivity contribution in [3.63, 3.8) is 0 Å². The van der Waals surface area contributed by atoms with Gasteiger partial charge in [0.25, 0.3) is 11.8 Å². The van der Waals surface area contributed by atoms with E-state index in [4.69, 9.17) is 4.74 Å². The lowest BCUT2D eigenvalue weighted by atomic mass is 10.0. The Balaban J connectivity index is 1.72. The lowest BCUT2D eigenvalue weighted by Crippen LogP contribution is -2.49. The second-order valence-corrected chi connectivity index (χ2v) is 7.86. The van der Waals surface area contributed by atoms with Crippen LogP contribution in [0.25, 0.3) is 0 Å². The molecular weight excluding hydrogens is 443 g/mol. The Hall–Kier alpha value is -3.60. The monoisotopic (exact) mass is 463 g/mol. The van der Waals surface area contributed by atoms with Crippen LogP contribution in [0.1, 0.15) is 39.4 Å². The molecule has 0 fully saturated rings. The number of nitrogens with zero attached hydrogens (tertiary/aromatic N) is 2. The van der Waals surface area contributed by atoms with Crippen molar-refractivity contribution in [2.75, 3.05) is 13.7 Å². The Morgan fingerprint density at radius 2 is 1.88 bits per heavy atom. The van der Waals surface area contributed by atoms with Gasteiger partial charge >= 0.3 is 0 Å². The number of rotatable bonds is 4. The fraction of sp³-hybridized carbons (Fsp3) is 0.318. The van der Waals surface area contributed by atoms with Crippen LogP contribution in [0.2, 0.25) is 0 Å². The minimum absolute atomic E-state index is 0.202. The summed E-state index contributed by atoms with van der Waals surface area (Å²) in [5.74, 6) is -6.05. The highest BCUT2D eigenvalue weighted by molar-refractivity contribution is 5.99. The van der Waals surface area contributed by atoms with E-state index in [1.165, 1.54) is 16.6 Å². The molecule has 0 saturated carbocycles. The van der Waals surface area contributed by atoms with Gasteiger partial charge in [0.1, 0.15) is 23.0 Å². The van der Waals surface area contributed by atoms with Gasteiger partial charge in [0.2, 0.25) is 5.43 Å². The molecule has 0 radical (unpaired) electrons. The zero-order chi connectivity index (χ0) is 24.0. The molecule has 2 aliphatic rings. The number of fused-ring (bicyclic) bond motifs is 4. The van der Waals surface area contributed by atoms with E-state index in [-0.39, 0.29) is 18.3 Å². The fourth-order valence-corrected chi connectivity index (χ4v) is 4.12. The molecule has 0 aliphatic carbocycles. The van der Waals surface area contributed by atoms with Gasteiger partial charge in [0, 0.05) is 50.1 Å². The summed E-state index contributed by atoms with van der Waals surface area (Å²) in [6.45, 7) is 1.31. The average molecular weight is 463 g/mol. The van der Waals surface area contributed by atoms with Gasteiger partial charge in [-0.05, 0) is 6.92 Å². The van der Waals surface area contributed by atoms with Gasteiger partial charge in [-0.2, -0.15) is 0 Å². The van der Waals surface area contributed by atoms with Gasteiger partial charge in [-0.3, -0.25) is 14.4 Å². The summed E-state index contributed by atoms with van der Waals surface area (Å²) in [6, 6.07) is 0.0702. The molecule has 2 amide bonds.